The molecule has 116 valence electrons. The van der Waals surface area contributed by atoms with Crippen molar-refractivity contribution >= 4 is 11.9 Å². The Morgan fingerprint density at radius 3 is 2.38 bits per heavy atom. The van der Waals surface area contributed by atoms with Crippen LogP contribution in [0.25, 0.3) is 0 Å². The Labute approximate surface area is 123 Å². The Morgan fingerprint density at radius 1 is 1.19 bits per heavy atom. The zero-order valence-electron chi connectivity index (χ0n) is 12.4. The summed E-state index contributed by atoms with van der Waals surface area (Å²) in [4.78, 5) is 22.2. The molecule has 0 saturated heterocycles. The molecule has 0 aromatic heterocycles. The number of benzene rings is 1. The maximum atomic E-state index is 11.2. The van der Waals surface area contributed by atoms with Crippen molar-refractivity contribution in [1.29, 1.82) is 0 Å². The second kappa shape index (κ2) is 6.97. The van der Waals surface area contributed by atoms with Gasteiger partial charge >= 0.3 is 11.9 Å². The summed E-state index contributed by atoms with van der Waals surface area (Å²) in [6.07, 6.45) is 0.822. The fourth-order valence-electron chi connectivity index (χ4n) is 1.43. The molecule has 1 aromatic carbocycles. The van der Waals surface area contributed by atoms with Gasteiger partial charge < -0.3 is 19.7 Å². The van der Waals surface area contributed by atoms with E-state index in [1.165, 1.54) is 26.0 Å². The van der Waals surface area contributed by atoms with E-state index in [9.17, 15) is 9.59 Å². The lowest BCUT2D eigenvalue weighted by atomic mass is 9.95. The molecule has 0 aliphatic carbocycles. The first-order valence-corrected chi connectivity index (χ1v) is 6.64. The van der Waals surface area contributed by atoms with Crippen molar-refractivity contribution < 1.29 is 29.3 Å². The summed E-state index contributed by atoms with van der Waals surface area (Å²) in [6.45, 7) is 5.34. The summed E-state index contributed by atoms with van der Waals surface area (Å²) in [5.74, 6) is -1.56. The van der Waals surface area contributed by atoms with Crippen LogP contribution in [0.5, 0.6) is 11.5 Å². The van der Waals surface area contributed by atoms with Crippen LogP contribution in [0.3, 0.4) is 0 Å². The number of carboxylic acid groups (broad SMARTS) is 2. The number of aliphatic carboxylic acids is 1. The second-order valence-corrected chi connectivity index (χ2v) is 5.29. The van der Waals surface area contributed by atoms with Crippen LogP contribution < -0.4 is 9.47 Å². The van der Waals surface area contributed by atoms with E-state index in [0.29, 0.717) is 12.4 Å². The minimum Gasteiger partial charge on any atom is -0.493 e. The highest BCUT2D eigenvalue weighted by Gasteiger charge is 2.29. The maximum absolute atomic E-state index is 11.2. The van der Waals surface area contributed by atoms with Crippen molar-refractivity contribution in [3.05, 3.63) is 23.8 Å². The number of hydrogen-bond donors (Lipinski definition) is 2. The van der Waals surface area contributed by atoms with E-state index >= 15 is 0 Å². The van der Waals surface area contributed by atoms with Crippen molar-refractivity contribution in [2.45, 2.75) is 27.2 Å². The van der Waals surface area contributed by atoms with Gasteiger partial charge in [0.25, 0.3) is 0 Å². The molecule has 0 amide bonds. The molecule has 0 aliphatic heterocycles. The van der Waals surface area contributed by atoms with E-state index in [4.69, 9.17) is 19.7 Å². The molecule has 1 rings (SSSR count). The summed E-state index contributed by atoms with van der Waals surface area (Å²) in [6, 6.07) is 4.40. The van der Waals surface area contributed by atoms with Gasteiger partial charge in [0.1, 0.15) is 23.7 Å². The zero-order chi connectivity index (χ0) is 16.0. The van der Waals surface area contributed by atoms with Crippen LogP contribution in [-0.2, 0) is 4.79 Å². The Kier molecular flexibility index (Phi) is 5.58. The van der Waals surface area contributed by atoms with Crippen LogP contribution in [0.2, 0.25) is 0 Å². The molecule has 0 spiro atoms. The van der Waals surface area contributed by atoms with E-state index < -0.39 is 17.4 Å². The van der Waals surface area contributed by atoms with Gasteiger partial charge in [-0.3, -0.25) is 4.79 Å². The largest absolute Gasteiger partial charge is 0.493 e. The highest BCUT2D eigenvalue weighted by Crippen LogP contribution is 2.27. The highest BCUT2D eigenvalue weighted by atomic mass is 16.5. The molecule has 6 nitrogen and oxygen atoms in total. The van der Waals surface area contributed by atoms with Gasteiger partial charge in [-0.2, -0.15) is 0 Å². The van der Waals surface area contributed by atoms with E-state index in [0.717, 1.165) is 6.42 Å². The van der Waals surface area contributed by atoms with Crippen LogP contribution >= 0.6 is 0 Å². The highest BCUT2D eigenvalue weighted by molar-refractivity contribution is 5.91. The van der Waals surface area contributed by atoms with Gasteiger partial charge in [0, 0.05) is 6.07 Å². The fraction of sp³-hybridized carbons (Fsp3) is 0.467. The Bertz CT molecular complexity index is 521. The van der Waals surface area contributed by atoms with E-state index in [1.54, 1.807) is 6.07 Å². The van der Waals surface area contributed by atoms with Crippen molar-refractivity contribution in [1.82, 2.24) is 0 Å². The topological polar surface area (TPSA) is 93.1 Å². The number of carboxylic acids is 2. The lowest BCUT2D eigenvalue weighted by Crippen LogP contribution is -2.31. The molecule has 6 heteroatoms. The Hall–Kier alpha value is -2.24. The van der Waals surface area contributed by atoms with Gasteiger partial charge in [0.05, 0.1) is 12.0 Å². The average Bonchev–Trinajstić information content (AvgIpc) is 2.42. The van der Waals surface area contributed by atoms with Gasteiger partial charge in [-0.05, 0) is 32.4 Å². The zero-order valence-corrected chi connectivity index (χ0v) is 12.4. The molecule has 0 radical (unpaired) electrons. The number of ether oxygens (including phenoxy) is 2. The van der Waals surface area contributed by atoms with Gasteiger partial charge in [-0.25, -0.2) is 4.79 Å². The standard InChI is InChI=1S/C15H20O6/c1-4-7-20-10-5-6-11(13(16)17)12(8-10)21-9-15(2,3)14(18)19/h5-6,8H,4,7,9H2,1-3H3,(H,16,17)(H,18,19). The molecule has 1 aromatic rings. The van der Waals surface area contributed by atoms with Crippen LogP contribution in [0.1, 0.15) is 37.6 Å². The summed E-state index contributed by atoms with van der Waals surface area (Å²) >= 11 is 0. The Morgan fingerprint density at radius 2 is 1.86 bits per heavy atom. The summed E-state index contributed by atoms with van der Waals surface area (Å²) in [5.41, 5.74) is -1.14. The van der Waals surface area contributed by atoms with E-state index in [1.807, 2.05) is 6.92 Å². The van der Waals surface area contributed by atoms with Crippen LogP contribution in [0.15, 0.2) is 18.2 Å². The fourth-order valence-corrected chi connectivity index (χ4v) is 1.43. The SMILES string of the molecule is CCCOc1ccc(C(=O)O)c(OCC(C)(C)C(=O)O)c1. The molecular weight excluding hydrogens is 276 g/mol. The van der Waals surface area contributed by atoms with Gasteiger partial charge in [-0.1, -0.05) is 6.92 Å². The molecule has 0 fully saturated rings. The van der Waals surface area contributed by atoms with Gasteiger partial charge in [0.2, 0.25) is 0 Å². The normalized spacial score (nSPS) is 11.0. The predicted molar refractivity (Wildman–Crippen MR) is 76.1 cm³/mol. The Balaban J connectivity index is 2.95. The molecule has 0 bridgehead atoms. The first-order valence-electron chi connectivity index (χ1n) is 6.64. The van der Waals surface area contributed by atoms with Crippen molar-refractivity contribution in [2.75, 3.05) is 13.2 Å². The third kappa shape index (κ3) is 4.66. The minimum atomic E-state index is -1.14. The quantitative estimate of drug-likeness (QED) is 0.766. The monoisotopic (exact) mass is 296 g/mol. The van der Waals surface area contributed by atoms with E-state index in [2.05, 4.69) is 0 Å². The first kappa shape index (κ1) is 16.8. The number of hydrogen-bond acceptors (Lipinski definition) is 4. The minimum absolute atomic E-state index is 0.0277. The predicted octanol–water partition coefficient (Wildman–Crippen LogP) is 2.66. The molecule has 0 unspecified atom stereocenters. The maximum Gasteiger partial charge on any atom is 0.339 e. The molecule has 0 aliphatic rings. The average molecular weight is 296 g/mol. The molecule has 0 saturated carbocycles. The van der Waals surface area contributed by atoms with Gasteiger partial charge in [0.15, 0.2) is 0 Å². The first-order chi connectivity index (χ1) is 9.77. The molecular formula is C15H20O6. The third-order valence-corrected chi connectivity index (χ3v) is 2.82. The summed E-state index contributed by atoms with van der Waals surface area (Å²) < 4.78 is 10.8. The van der Waals surface area contributed by atoms with Crippen molar-refractivity contribution in [2.24, 2.45) is 5.41 Å². The van der Waals surface area contributed by atoms with Crippen molar-refractivity contribution in [3.63, 3.8) is 0 Å². The lowest BCUT2D eigenvalue weighted by molar-refractivity contribution is -0.148. The molecule has 2 N–H and O–H groups in total. The van der Waals surface area contributed by atoms with Crippen molar-refractivity contribution in [3.8, 4) is 11.5 Å². The third-order valence-electron chi connectivity index (χ3n) is 2.82. The van der Waals surface area contributed by atoms with E-state index in [-0.39, 0.29) is 17.9 Å². The molecule has 0 heterocycles. The smallest absolute Gasteiger partial charge is 0.339 e. The number of aromatic carboxylic acids is 1. The molecule has 21 heavy (non-hydrogen) atoms. The van der Waals surface area contributed by atoms with Crippen LogP contribution in [0.4, 0.5) is 0 Å². The summed E-state index contributed by atoms with van der Waals surface area (Å²) in [5, 5.41) is 18.2. The number of rotatable bonds is 8. The lowest BCUT2D eigenvalue weighted by Gasteiger charge is -2.20. The number of carbonyl (C=O) groups is 2. The summed E-state index contributed by atoms with van der Waals surface area (Å²) in [7, 11) is 0. The second-order valence-electron chi connectivity index (χ2n) is 5.29. The van der Waals surface area contributed by atoms with Gasteiger partial charge in [-0.15, -0.1) is 0 Å². The van der Waals surface area contributed by atoms with Crippen LogP contribution in [0, 0.1) is 5.41 Å². The molecule has 0 atom stereocenters. The van der Waals surface area contributed by atoms with Crippen LogP contribution in [-0.4, -0.2) is 35.4 Å².